The number of ether oxygens (including phenoxy) is 1. The van der Waals surface area contributed by atoms with Crippen LogP contribution in [0.5, 0.6) is 5.75 Å². The van der Waals surface area contributed by atoms with E-state index in [-0.39, 0.29) is 6.04 Å². The molecule has 3 heteroatoms. The van der Waals surface area contributed by atoms with Crippen LogP contribution in [0.25, 0.3) is 0 Å². The number of para-hydroxylation sites is 1. The van der Waals surface area contributed by atoms with Gasteiger partial charge in [-0.1, -0.05) is 31.2 Å². The summed E-state index contributed by atoms with van der Waals surface area (Å²) in [4.78, 5) is 4.27. The number of aryl methyl sites for hydroxylation is 1. The summed E-state index contributed by atoms with van der Waals surface area (Å²) < 4.78 is 5.98. The Kier molecular flexibility index (Phi) is 4.51. The Morgan fingerprint density at radius 3 is 3.05 bits per heavy atom. The first-order valence-electron chi connectivity index (χ1n) is 7.78. The fourth-order valence-corrected chi connectivity index (χ4v) is 2.88. The van der Waals surface area contributed by atoms with E-state index in [0.29, 0.717) is 0 Å². The van der Waals surface area contributed by atoms with Crippen molar-refractivity contribution < 1.29 is 4.74 Å². The largest absolute Gasteiger partial charge is 0.493 e. The number of benzene rings is 1. The van der Waals surface area contributed by atoms with Crippen LogP contribution >= 0.6 is 0 Å². The van der Waals surface area contributed by atoms with Crippen LogP contribution in [-0.2, 0) is 6.42 Å². The molecule has 0 fully saturated rings. The van der Waals surface area contributed by atoms with Gasteiger partial charge in [0.25, 0.3) is 0 Å². The highest BCUT2D eigenvalue weighted by Crippen LogP contribution is 2.35. The van der Waals surface area contributed by atoms with Gasteiger partial charge in [-0.05, 0) is 43.0 Å². The number of aromatic nitrogens is 1. The van der Waals surface area contributed by atoms with Gasteiger partial charge in [0, 0.05) is 18.0 Å². The minimum atomic E-state index is 0.145. The molecule has 1 aromatic carbocycles. The van der Waals surface area contributed by atoms with Gasteiger partial charge in [-0.3, -0.25) is 4.98 Å². The number of nitrogens with zero attached hydrogens (tertiary/aromatic N) is 1. The third-order valence-electron chi connectivity index (χ3n) is 3.89. The maximum Gasteiger partial charge on any atom is 0.127 e. The predicted octanol–water partition coefficient (Wildman–Crippen LogP) is 3.50. The topological polar surface area (TPSA) is 34.2 Å². The lowest BCUT2D eigenvalue weighted by Crippen LogP contribution is -2.25. The van der Waals surface area contributed by atoms with E-state index in [9.17, 15) is 0 Å². The van der Waals surface area contributed by atoms with Crippen LogP contribution in [0, 0.1) is 0 Å². The molecule has 110 valence electrons. The summed E-state index contributed by atoms with van der Waals surface area (Å²) in [5.74, 6) is 1.07. The average Bonchev–Trinajstić information content (AvgIpc) is 2.56. The van der Waals surface area contributed by atoms with Crippen LogP contribution in [0.4, 0.5) is 0 Å². The summed E-state index contributed by atoms with van der Waals surface area (Å²) in [5.41, 5.74) is 3.74. The summed E-state index contributed by atoms with van der Waals surface area (Å²) in [5, 5.41) is 3.63. The molecule has 1 atom stereocenters. The molecule has 21 heavy (non-hydrogen) atoms. The maximum atomic E-state index is 5.98. The summed E-state index contributed by atoms with van der Waals surface area (Å²) >= 11 is 0. The van der Waals surface area contributed by atoms with Gasteiger partial charge in [-0.15, -0.1) is 0 Å². The quantitative estimate of drug-likeness (QED) is 0.911. The van der Waals surface area contributed by atoms with Crippen molar-refractivity contribution in [3.05, 3.63) is 59.4 Å². The van der Waals surface area contributed by atoms with Gasteiger partial charge < -0.3 is 10.1 Å². The number of hydrogen-bond donors (Lipinski definition) is 1. The minimum absolute atomic E-state index is 0.145. The molecule has 1 aliphatic heterocycles. The fraction of sp³-hybridized carbons (Fsp3) is 0.389. The van der Waals surface area contributed by atoms with E-state index in [1.165, 1.54) is 16.7 Å². The van der Waals surface area contributed by atoms with E-state index in [1.807, 2.05) is 18.5 Å². The zero-order valence-electron chi connectivity index (χ0n) is 12.5. The molecule has 0 saturated heterocycles. The van der Waals surface area contributed by atoms with Crippen molar-refractivity contribution in [2.24, 2.45) is 0 Å². The lowest BCUT2D eigenvalue weighted by atomic mass is 9.94. The van der Waals surface area contributed by atoms with Crippen LogP contribution in [0.1, 0.15) is 42.5 Å². The summed E-state index contributed by atoms with van der Waals surface area (Å²) in [6.45, 7) is 3.98. The molecular formula is C18H22N2O. The minimum Gasteiger partial charge on any atom is -0.493 e. The van der Waals surface area contributed by atoms with Gasteiger partial charge in [-0.25, -0.2) is 0 Å². The van der Waals surface area contributed by atoms with Crippen molar-refractivity contribution in [2.45, 2.75) is 32.2 Å². The molecule has 1 aliphatic rings. The maximum absolute atomic E-state index is 5.98. The first-order chi connectivity index (χ1) is 10.4. The van der Waals surface area contributed by atoms with Crippen molar-refractivity contribution in [3.63, 3.8) is 0 Å². The lowest BCUT2D eigenvalue weighted by Gasteiger charge is -2.26. The lowest BCUT2D eigenvalue weighted by molar-refractivity contribution is 0.283. The first kappa shape index (κ1) is 14.1. The van der Waals surface area contributed by atoms with E-state index in [0.717, 1.165) is 38.2 Å². The second kappa shape index (κ2) is 6.72. The predicted molar refractivity (Wildman–Crippen MR) is 84.6 cm³/mol. The Balaban J connectivity index is 2.00. The van der Waals surface area contributed by atoms with Gasteiger partial charge in [0.05, 0.1) is 12.6 Å². The van der Waals surface area contributed by atoms with E-state index in [4.69, 9.17) is 4.74 Å². The van der Waals surface area contributed by atoms with Crippen molar-refractivity contribution >= 4 is 0 Å². The van der Waals surface area contributed by atoms with Gasteiger partial charge >= 0.3 is 0 Å². The van der Waals surface area contributed by atoms with Crippen LogP contribution in [-0.4, -0.2) is 18.1 Å². The number of pyridine rings is 1. The zero-order chi connectivity index (χ0) is 14.5. The van der Waals surface area contributed by atoms with Crippen LogP contribution in [0.2, 0.25) is 0 Å². The van der Waals surface area contributed by atoms with Crippen molar-refractivity contribution in [2.75, 3.05) is 13.2 Å². The Morgan fingerprint density at radius 1 is 1.29 bits per heavy atom. The second-order valence-corrected chi connectivity index (χ2v) is 5.46. The zero-order valence-corrected chi connectivity index (χ0v) is 12.5. The Labute approximate surface area is 126 Å². The van der Waals surface area contributed by atoms with Gasteiger partial charge in [0.2, 0.25) is 0 Å². The summed E-state index contributed by atoms with van der Waals surface area (Å²) in [6, 6.07) is 10.8. The Hall–Kier alpha value is -1.87. The molecule has 1 N–H and O–H groups in total. The molecule has 0 radical (unpaired) electrons. The number of nitrogens with one attached hydrogen (secondary N) is 1. The van der Waals surface area contributed by atoms with E-state index in [1.54, 1.807) is 0 Å². The molecule has 0 aliphatic carbocycles. The molecule has 0 saturated carbocycles. The molecule has 3 rings (SSSR count). The highest BCUT2D eigenvalue weighted by Gasteiger charge is 2.22. The third-order valence-corrected chi connectivity index (χ3v) is 3.89. The highest BCUT2D eigenvalue weighted by molar-refractivity contribution is 5.47. The smallest absolute Gasteiger partial charge is 0.127 e. The van der Waals surface area contributed by atoms with Gasteiger partial charge in [0.1, 0.15) is 5.75 Å². The molecule has 2 heterocycles. The third kappa shape index (κ3) is 3.08. The Morgan fingerprint density at radius 2 is 2.24 bits per heavy atom. The van der Waals surface area contributed by atoms with Gasteiger partial charge in [0.15, 0.2) is 0 Å². The average molecular weight is 282 g/mol. The standard InChI is InChI=1S/C18H22N2O/c1-2-10-20-17(15-7-4-11-19-13-15)16-9-3-6-14-8-5-12-21-18(14)16/h3-4,6-7,9,11,13,17,20H,2,5,8,10,12H2,1H3. The number of rotatable bonds is 5. The molecular weight excluding hydrogens is 260 g/mol. The van der Waals surface area contributed by atoms with Crippen molar-refractivity contribution in [1.82, 2.24) is 10.3 Å². The van der Waals surface area contributed by atoms with Crippen LogP contribution in [0.15, 0.2) is 42.7 Å². The normalized spacial score (nSPS) is 15.1. The Bertz CT molecular complexity index is 583. The monoisotopic (exact) mass is 282 g/mol. The van der Waals surface area contributed by atoms with Gasteiger partial charge in [-0.2, -0.15) is 0 Å². The number of fused-ring (bicyclic) bond motifs is 1. The summed E-state index contributed by atoms with van der Waals surface area (Å²) in [7, 11) is 0. The van der Waals surface area contributed by atoms with Crippen molar-refractivity contribution in [3.8, 4) is 5.75 Å². The molecule has 3 nitrogen and oxygen atoms in total. The molecule has 0 spiro atoms. The molecule has 0 bridgehead atoms. The molecule has 1 aromatic heterocycles. The fourth-order valence-electron chi connectivity index (χ4n) is 2.88. The number of hydrogen-bond acceptors (Lipinski definition) is 3. The van der Waals surface area contributed by atoms with E-state index < -0.39 is 0 Å². The van der Waals surface area contributed by atoms with Crippen molar-refractivity contribution in [1.29, 1.82) is 0 Å². The van der Waals surface area contributed by atoms with Crippen LogP contribution < -0.4 is 10.1 Å². The SMILES string of the molecule is CCCNC(c1cccnc1)c1cccc2c1OCCC2. The van der Waals surface area contributed by atoms with E-state index >= 15 is 0 Å². The first-order valence-corrected chi connectivity index (χ1v) is 7.78. The van der Waals surface area contributed by atoms with E-state index in [2.05, 4.69) is 41.5 Å². The molecule has 0 amide bonds. The molecule has 1 unspecified atom stereocenters. The summed E-state index contributed by atoms with van der Waals surface area (Å²) in [6.07, 6.45) is 7.08. The second-order valence-electron chi connectivity index (χ2n) is 5.46. The van der Waals surface area contributed by atoms with Crippen LogP contribution in [0.3, 0.4) is 0 Å². The molecule has 2 aromatic rings. The highest BCUT2D eigenvalue weighted by atomic mass is 16.5.